The van der Waals surface area contributed by atoms with Gasteiger partial charge in [-0.1, -0.05) is 78.9 Å². The maximum absolute atomic E-state index is 11.1. The standard InChI is InChI=1S/C32H35NO5/c1-23(34)32(33,38-30-17-11-10-16-29(30)37-22-25-14-8-5-9-15-25)27(20-24-12-6-4-7-13-24)26-18-19-28(35-2)31(21-26)36-3/h4-19,21,23,27,34H,20,22,33H2,1-3H3. The van der Waals surface area contributed by atoms with Gasteiger partial charge < -0.3 is 24.1 Å². The van der Waals surface area contributed by atoms with E-state index in [0.29, 0.717) is 36.0 Å². The van der Waals surface area contributed by atoms with E-state index in [1.165, 1.54) is 0 Å². The molecule has 4 rings (SSSR count). The van der Waals surface area contributed by atoms with Crippen LogP contribution in [0, 0.1) is 0 Å². The van der Waals surface area contributed by atoms with E-state index in [0.717, 1.165) is 16.7 Å². The third-order valence-electron chi connectivity index (χ3n) is 6.66. The molecule has 4 aromatic rings. The molecule has 3 atom stereocenters. The van der Waals surface area contributed by atoms with Gasteiger partial charge in [0.25, 0.3) is 0 Å². The van der Waals surface area contributed by atoms with Gasteiger partial charge in [0.1, 0.15) is 12.7 Å². The molecule has 6 heteroatoms. The molecular formula is C32H35NO5. The van der Waals surface area contributed by atoms with Gasteiger partial charge in [-0.05, 0) is 54.3 Å². The number of aliphatic hydroxyl groups excluding tert-OH is 1. The minimum Gasteiger partial charge on any atom is -0.493 e. The smallest absolute Gasteiger partial charge is 0.191 e. The number of nitrogens with two attached hydrogens (primary N) is 1. The Bertz CT molecular complexity index is 1300. The van der Waals surface area contributed by atoms with Crippen molar-refractivity contribution in [3.05, 3.63) is 120 Å². The summed E-state index contributed by atoms with van der Waals surface area (Å²) in [5, 5.41) is 11.1. The van der Waals surface area contributed by atoms with Crippen LogP contribution in [0.3, 0.4) is 0 Å². The van der Waals surface area contributed by atoms with Crippen LogP contribution >= 0.6 is 0 Å². The first-order valence-electron chi connectivity index (χ1n) is 12.6. The van der Waals surface area contributed by atoms with Crippen molar-refractivity contribution in [3.8, 4) is 23.0 Å². The molecule has 0 fully saturated rings. The van der Waals surface area contributed by atoms with Crippen LogP contribution in [0.15, 0.2) is 103 Å². The molecule has 0 aliphatic carbocycles. The Morgan fingerprint density at radius 1 is 0.711 bits per heavy atom. The van der Waals surface area contributed by atoms with Gasteiger partial charge >= 0.3 is 0 Å². The molecule has 0 saturated heterocycles. The number of benzene rings is 4. The predicted octanol–water partition coefficient (Wildman–Crippen LogP) is 5.72. The molecule has 3 unspecified atom stereocenters. The molecule has 0 spiro atoms. The monoisotopic (exact) mass is 513 g/mol. The van der Waals surface area contributed by atoms with Crippen molar-refractivity contribution < 1.29 is 24.1 Å². The third-order valence-corrected chi connectivity index (χ3v) is 6.66. The summed E-state index contributed by atoms with van der Waals surface area (Å²) in [5.74, 6) is 1.72. The highest BCUT2D eigenvalue weighted by atomic mass is 16.6. The van der Waals surface area contributed by atoms with Gasteiger partial charge in [0, 0.05) is 5.92 Å². The Kier molecular flexibility index (Phi) is 8.89. The summed E-state index contributed by atoms with van der Waals surface area (Å²) in [7, 11) is 3.19. The molecule has 3 N–H and O–H groups in total. The molecule has 0 heterocycles. The van der Waals surface area contributed by atoms with Crippen molar-refractivity contribution in [1.29, 1.82) is 0 Å². The molecule has 0 radical (unpaired) electrons. The topological polar surface area (TPSA) is 83.2 Å². The number of rotatable bonds is 12. The first kappa shape index (κ1) is 27.0. The van der Waals surface area contributed by atoms with Crippen molar-refractivity contribution in [1.82, 2.24) is 0 Å². The molecule has 4 aromatic carbocycles. The molecule has 198 valence electrons. The lowest BCUT2D eigenvalue weighted by molar-refractivity contribution is -0.0619. The van der Waals surface area contributed by atoms with Gasteiger partial charge in [-0.25, -0.2) is 0 Å². The molecule has 0 amide bonds. The summed E-state index contributed by atoms with van der Waals surface area (Å²) < 4.78 is 23.7. The molecule has 0 aromatic heterocycles. The van der Waals surface area contributed by atoms with E-state index < -0.39 is 17.7 Å². The Morgan fingerprint density at radius 2 is 1.29 bits per heavy atom. The van der Waals surface area contributed by atoms with E-state index in [-0.39, 0.29) is 0 Å². The first-order chi connectivity index (χ1) is 18.4. The Balaban J connectivity index is 1.72. The highest BCUT2D eigenvalue weighted by molar-refractivity contribution is 5.46. The van der Waals surface area contributed by atoms with Gasteiger partial charge in [-0.2, -0.15) is 0 Å². The molecule has 0 aliphatic heterocycles. The summed E-state index contributed by atoms with van der Waals surface area (Å²) in [6, 6.07) is 32.9. The van der Waals surface area contributed by atoms with Crippen molar-refractivity contribution in [2.24, 2.45) is 5.73 Å². The normalized spacial score (nSPS) is 14.1. The Hall–Kier alpha value is -4.00. The fourth-order valence-electron chi connectivity index (χ4n) is 4.48. The molecule has 0 aliphatic rings. The van der Waals surface area contributed by atoms with Crippen LogP contribution in [0.5, 0.6) is 23.0 Å². The summed E-state index contributed by atoms with van der Waals surface area (Å²) in [5.41, 5.74) is 8.46. The van der Waals surface area contributed by atoms with E-state index in [9.17, 15) is 5.11 Å². The van der Waals surface area contributed by atoms with Crippen molar-refractivity contribution >= 4 is 0 Å². The highest BCUT2D eigenvalue weighted by Gasteiger charge is 2.44. The second kappa shape index (κ2) is 12.5. The second-order valence-corrected chi connectivity index (χ2v) is 9.21. The maximum atomic E-state index is 11.1. The van der Waals surface area contributed by atoms with Crippen molar-refractivity contribution in [2.75, 3.05) is 14.2 Å². The lowest BCUT2D eigenvalue weighted by Crippen LogP contribution is -2.59. The number of methoxy groups -OCH3 is 2. The minimum absolute atomic E-state index is 0.372. The zero-order valence-electron chi connectivity index (χ0n) is 22.0. The van der Waals surface area contributed by atoms with Crippen LogP contribution in [0.2, 0.25) is 0 Å². The Morgan fingerprint density at radius 3 is 1.89 bits per heavy atom. The van der Waals surface area contributed by atoms with Crippen LogP contribution in [-0.4, -0.2) is 31.2 Å². The zero-order valence-corrected chi connectivity index (χ0v) is 22.0. The number of hydrogen-bond acceptors (Lipinski definition) is 6. The molecule has 0 bridgehead atoms. The van der Waals surface area contributed by atoms with Crippen LogP contribution in [0.4, 0.5) is 0 Å². The second-order valence-electron chi connectivity index (χ2n) is 9.21. The van der Waals surface area contributed by atoms with Gasteiger partial charge in [0.2, 0.25) is 0 Å². The molecule has 0 saturated carbocycles. The van der Waals surface area contributed by atoms with Gasteiger partial charge in [0.05, 0.1) is 14.2 Å². The number of aliphatic hydroxyl groups is 1. The largest absolute Gasteiger partial charge is 0.493 e. The Labute approximate surface area is 224 Å². The van der Waals surface area contributed by atoms with Crippen LogP contribution in [0.1, 0.15) is 29.5 Å². The number of ether oxygens (including phenoxy) is 4. The zero-order chi connectivity index (χ0) is 27.0. The summed E-state index contributed by atoms with van der Waals surface area (Å²) in [6.07, 6.45) is -0.517. The van der Waals surface area contributed by atoms with Crippen molar-refractivity contribution in [3.63, 3.8) is 0 Å². The summed E-state index contributed by atoms with van der Waals surface area (Å²) in [6.45, 7) is 2.02. The average Bonchev–Trinajstić information content (AvgIpc) is 2.96. The highest BCUT2D eigenvalue weighted by Crippen LogP contribution is 2.40. The van der Waals surface area contributed by atoms with Gasteiger partial charge in [-0.3, -0.25) is 5.73 Å². The fourth-order valence-corrected chi connectivity index (χ4v) is 4.48. The quantitative estimate of drug-likeness (QED) is 0.236. The maximum Gasteiger partial charge on any atom is 0.191 e. The lowest BCUT2D eigenvalue weighted by Gasteiger charge is -2.40. The van der Waals surface area contributed by atoms with Gasteiger partial charge in [-0.15, -0.1) is 0 Å². The third kappa shape index (κ3) is 6.28. The number of hydrogen-bond donors (Lipinski definition) is 2. The van der Waals surface area contributed by atoms with Crippen LogP contribution in [-0.2, 0) is 13.0 Å². The average molecular weight is 514 g/mol. The summed E-state index contributed by atoms with van der Waals surface area (Å²) in [4.78, 5) is 0. The van der Waals surface area contributed by atoms with Gasteiger partial charge in [0.15, 0.2) is 28.7 Å². The van der Waals surface area contributed by atoms with Crippen LogP contribution in [0.25, 0.3) is 0 Å². The van der Waals surface area contributed by atoms with E-state index in [1.807, 2.05) is 97.1 Å². The van der Waals surface area contributed by atoms with E-state index in [4.69, 9.17) is 24.7 Å². The lowest BCUT2D eigenvalue weighted by atomic mass is 9.80. The van der Waals surface area contributed by atoms with E-state index in [2.05, 4.69) is 0 Å². The summed E-state index contributed by atoms with van der Waals surface area (Å²) >= 11 is 0. The minimum atomic E-state index is -1.51. The fraction of sp³-hybridized carbons (Fsp3) is 0.250. The van der Waals surface area contributed by atoms with E-state index in [1.54, 1.807) is 27.2 Å². The van der Waals surface area contributed by atoms with E-state index >= 15 is 0 Å². The number of para-hydroxylation sites is 2. The molecular weight excluding hydrogens is 478 g/mol. The van der Waals surface area contributed by atoms with Crippen molar-refractivity contribution in [2.45, 2.75) is 37.7 Å². The van der Waals surface area contributed by atoms with Crippen LogP contribution < -0.4 is 24.7 Å². The molecule has 38 heavy (non-hydrogen) atoms. The first-order valence-corrected chi connectivity index (χ1v) is 12.6. The SMILES string of the molecule is COc1ccc(C(Cc2ccccc2)C(N)(Oc2ccccc2OCc2ccccc2)C(C)O)cc1OC. The predicted molar refractivity (Wildman–Crippen MR) is 149 cm³/mol. The molecule has 6 nitrogen and oxygen atoms in total.